The first-order valence-corrected chi connectivity index (χ1v) is 7.28. The summed E-state index contributed by atoms with van der Waals surface area (Å²) in [6.07, 6.45) is 0. The van der Waals surface area contributed by atoms with Gasteiger partial charge in [-0.05, 0) is 32.0 Å². The van der Waals surface area contributed by atoms with Crippen LogP contribution in [0.15, 0.2) is 18.2 Å². The maximum absolute atomic E-state index is 11.9. The lowest BCUT2D eigenvalue weighted by Crippen LogP contribution is -2.41. The smallest absolute Gasteiger partial charge is 0.342 e. The van der Waals surface area contributed by atoms with Crippen LogP contribution < -0.4 is 15.4 Å². The molecule has 0 heterocycles. The zero-order valence-corrected chi connectivity index (χ0v) is 13.9. The summed E-state index contributed by atoms with van der Waals surface area (Å²) in [5.74, 6) is -1.36. The Balaban J connectivity index is 2.48. The molecule has 2 N–H and O–H groups in total. The fourth-order valence-electron chi connectivity index (χ4n) is 1.65. The lowest BCUT2D eigenvalue weighted by Gasteiger charge is -2.10. The van der Waals surface area contributed by atoms with Gasteiger partial charge in [-0.1, -0.05) is 11.6 Å². The maximum Gasteiger partial charge on any atom is 0.342 e. The van der Waals surface area contributed by atoms with E-state index in [9.17, 15) is 14.4 Å². The van der Waals surface area contributed by atoms with Crippen LogP contribution in [-0.2, 0) is 14.3 Å². The molecule has 0 bridgehead atoms. The Morgan fingerprint density at radius 2 is 1.91 bits per heavy atom. The van der Waals surface area contributed by atoms with Crippen LogP contribution in [0.3, 0.4) is 0 Å². The molecule has 7 nitrogen and oxygen atoms in total. The Morgan fingerprint density at radius 1 is 1.22 bits per heavy atom. The quantitative estimate of drug-likeness (QED) is 0.725. The van der Waals surface area contributed by atoms with Gasteiger partial charge >= 0.3 is 5.97 Å². The van der Waals surface area contributed by atoms with E-state index in [0.29, 0.717) is 5.02 Å². The van der Waals surface area contributed by atoms with Crippen molar-refractivity contribution in [1.29, 1.82) is 0 Å². The number of ether oxygens (including phenoxy) is 2. The number of nitrogens with one attached hydrogen (secondary N) is 2. The van der Waals surface area contributed by atoms with E-state index in [-0.39, 0.29) is 29.8 Å². The summed E-state index contributed by atoms with van der Waals surface area (Å²) in [6.45, 7) is 2.91. The molecule has 0 fully saturated rings. The van der Waals surface area contributed by atoms with Gasteiger partial charge in [0.05, 0.1) is 13.7 Å². The average molecular weight is 343 g/mol. The van der Waals surface area contributed by atoms with E-state index in [1.807, 2.05) is 0 Å². The van der Waals surface area contributed by atoms with Crippen LogP contribution in [0.25, 0.3) is 0 Å². The van der Waals surface area contributed by atoms with Crippen molar-refractivity contribution in [3.8, 4) is 5.75 Å². The molecule has 0 radical (unpaired) electrons. The summed E-state index contributed by atoms with van der Waals surface area (Å²) < 4.78 is 9.91. The Labute approximate surface area is 139 Å². The molecule has 0 saturated heterocycles. The van der Waals surface area contributed by atoms with Crippen molar-refractivity contribution in [1.82, 2.24) is 10.6 Å². The maximum atomic E-state index is 11.9. The Morgan fingerprint density at radius 3 is 2.52 bits per heavy atom. The third kappa shape index (κ3) is 6.56. The van der Waals surface area contributed by atoms with Crippen molar-refractivity contribution in [2.24, 2.45) is 0 Å². The van der Waals surface area contributed by atoms with Crippen LogP contribution in [0.2, 0.25) is 5.02 Å². The van der Waals surface area contributed by atoms with Crippen LogP contribution in [-0.4, -0.2) is 44.1 Å². The predicted octanol–water partition coefficient (Wildman–Crippen LogP) is 1.15. The molecule has 0 aliphatic rings. The van der Waals surface area contributed by atoms with Crippen molar-refractivity contribution in [2.45, 2.75) is 19.9 Å². The highest BCUT2D eigenvalue weighted by molar-refractivity contribution is 6.31. The van der Waals surface area contributed by atoms with Gasteiger partial charge in [-0.2, -0.15) is 0 Å². The number of carbonyl (C=O) groups excluding carboxylic acids is 3. The largest absolute Gasteiger partial charge is 0.496 e. The fraction of sp³-hybridized carbons (Fsp3) is 0.400. The Kier molecular flexibility index (Phi) is 7.34. The Bertz CT molecular complexity index is 589. The van der Waals surface area contributed by atoms with Gasteiger partial charge in [0.15, 0.2) is 6.61 Å². The van der Waals surface area contributed by atoms with Gasteiger partial charge in [-0.25, -0.2) is 4.79 Å². The van der Waals surface area contributed by atoms with Crippen LogP contribution in [0, 0.1) is 0 Å². The third-order valence-electron chi connectivity index (χ3n) is 2.61. The molecule has 0 atom stereocenters. The minimum Gasteiger partial charge on any atom is -0.496 e. The first-order valence-electron chi connectivity index (χ1n) is 6.90. The van der Waals surface area contributed by atoms with Crippen molar-refractivity contribution in [2.75, 3.05) is 20.3 Å². The van der Waals surface area contributed by atoms with Crippen LogP contribution in [0.1, 0.15) is 24.2 Å². The predicted molar refractivity (Wildman–Crippen MR) is 84.6 cm³/mol. The molecular formula is C15H19ClN2O5. The van der Waals surface area contributed by atoms with Crippen molar-refractivity contribution >= 4 is 29.4 Å². The van der Waals surface area contributed by atoms with E-state index in [1.165, 1.54) is 19.2 Å². The van der Waals surface area contributed by atoms with E-state index in [0.717, 1.165) is 0 Å². The van der Waals surface area contributed by atoms with E-state index in [1.54, 1.807) is 19.9 Å². The number of amides is 2. The van der Waals surface area contributed by atoms with Gasteiger partial charge in [0.2, 0.25) is 5.91 Å². The molecule has 1 rings (SSSR count). The molecule has 1 aromatic carbocycles. The van der Waals surface area contributed by atoms with E-state index >= 15 is 0 Å². The van der Waals surface area contributed by atoms with Gasteiger partial charge in [-0.3, -0.25) is 9.59 Å². The lowest BCUT2D eigenvalue weighted by atomic mass is 10.2. The highest BCUT2D eigenvalue weighted by Gasteiger charge is 2.16. The summed E-state index contributed by atoms with van der Waals surface area (Å²) in [6, 6.07) is 4.45. The number of rotatable bonds is 7. The second kappa shape index (κ2) is 8.99. The summed E-state index contributed by atoms with van der Waals surface area (Å²) >= 11 is 5.82. The molecular weight excluding hydrogens is 324 g/mol. The molecule has 0 aliphatic heterocycles. The van der Waals surface area contributed by atoms with E-state index in [2.05, 4.69) is 10.6 Å². The van der Waals surface area contributed by atoms with Crippen LogP contribution >= 0.6 is 11.6 Å². The minimum atomic E-state index is -0.744. The molecule has 0 spiro atoms. The summed E-state index contributed by atoms with van der Waals surface area (Å²) in [5, 5.41) is 5.31. The van der Waals surface area contributed by atoms with Crippen molar-refractivity contribution in [3.63, 3.8) is 0 Å². The number of esters is 1. The first kappa shape index (κ1) is 18.8. The monoisotopic (exact) mass is 342 g/mol. The number of halogens is 1. The van der Waals surface area contributed by atoms with Gasteiger partial charge in [0.1, 0.15) is 11.3 Å². The number of benzene rings is 1. The summed E-state index contributed by atoms with van der Waals surface area (Å²) in [4.78, 5) is 34.9. The normalized spacial score (nSPS) is 10.1. The average Bonchev–Trinajstić information content (AvgIpc) is 2.49. The number of methoxy groups -OCH3 is 1. The minimum absolute atomic E-state index is 0.0208. The molecule has 126 valence electrons. The van der Waals surface area contributed by atoms with Gasteiger partial charge in [-0.15, -0.1) is 0 Å². The molecule has 0 aromatic heterocycles. The lowest BCUT2D eigenvalue weighted by molar-refractivity contribution is -0.128. The van der Waals surface area contributed by atoms with Crippen molar-refractivity contribution in [3.05, 3.63) is 28.8 Å². The summed E-state index contributed by atoms with van der Waals surface area (Å²) in [7, 11) is 1.40. The van der Waals surface area contributed by atoms with Gasteiger partial charge in [0, 0.05) is 11.1 Å². The topological polar surface area (TPSA) is 93.7 Å². The number of hydrogen-bond donors (Lipinski definition) is 2. The molecule has 23 heavy (non-hydrogen) atoms. The summed E-state index contributed by atoms with van der Waals surface area (Å²) in [5.41, 5.74) is 0.116. The van der Waals surface area contributed by atoms with Crippen LogP contribution in [0.5, 0.6) is 5.75 Å². The highest BCUT2D eigenvalue weighted by atomic mass is 35.5. The molecule has 1 aromatic rings. The first-order chi connectivity index (χ1) is 10.8. The second-order valence-electron chi connectivity index (χ2n) is 4.92. The molecule has 8 heteroatoms. The molecule has 0 saturated carbocycles. The van der Waals surface area contributed by atoms with Crippen molar-refractivity contribution < 1.29 is 23.9 Å². The Hall–Kier alpha value is -2.28. The van der Waals surface area contributed by atoms with Gasteiger partial charge in [0.25, 0.3) is 5.91 Å². The zero-order valence-electron chi connectivity index (χ0n) is 13.1. The molecule has 0 aliphatic carbocycles. The number of carbonyl (C=O) groups is 3. The highest BCUT2D eigenvalue weighted by Crippen LogP contribution is 2.23. The number of hydrogen-bond acceptors (Lipinski definition) is 5. The second-order valence-corrected chi connectivity index (χ2v) is 5.36. The van der Waals surface area contributed by atoms with E-state index in [4.69, 9.17) is 21.1 Å². The van der Waals surface area contributed by atoms with Crippen LogP contribution in [0.4, 0.5) is 0 Å². The van der Waals surface area contributed by atoms with E-state index < -0.39 is 18.5 Å². The van der Waals surface area contributed by atoms with Gasteiger partial charge < -0.3 is 20.1 Å². The standard InChI is InChI=1S/C15H19ClN2O5/c1-9(2)18-13(19)7-17-14(20)8-23-15(21)11-6-10(16)4-5-12(11)22-3/h4-6,9H,7-8H2,1-3H3,(H,17,20)(H,18,19). The molecule has 2 amide bonds. The molecule has 0 unspecified atom stereocenters. The zero-order chi connectivity index (χ0) is 17.4. The fourth-order valence-corrected chi connectivity index (χ4v) is 1.82. The third-order valence-corrected chi connectivity index (χ3v) is 2.85. The SMILES string of the molecule is COc1ccc(Cl)cc1C(=O)OCC(=O)NCC(=O)NC(C)C.